The fourth-order valence-corrected chi connectivity index (χ4v) is 2.35. The van der Waals surface area contributed by atoms with E-state index < -0.39 is 0 Å². The number of nitrogens with zero attached hydrogens (tertiary/aromatic N) is 1. The molecule has 0 amide bonds. The number of rotatable bonds is 8. The van der Waals surface area contributed by atoms with E-state index in [0.29, 0.717) is 0 Å². The Balaban J connectivity index is 2.02. The van der Waals surface area contributed by atoms with E-state index >= 15 is 0 Å². The van der Waals surface area contributed by atoms with Crippen LogP contribution in [0.15, 0.2) is 41.0 Å². The van der Waals surface area contributed by atoms with E-state index in [-0.39, 0.29) is 0 Å². The fraction of sp³-hybridized carbons (Fsp3) is 0.412. The maximum Gasteiger partial charge on any atom is 0.105 e. The van der Waals surface area contributed by atoms with Crippen LogP contribution in [0.5, 0.6) is 0 Å². The summed E-state index contributed by atoms with van der Waals surface area (Å²) < 4.78 is 10.4. The van der Waals surface area contributed by atoms with Crippen molar-refractivity contribution in [2.75, 3.05) is 32.2 Å². The highest BCUT2D eigenvalue weighted by Crippen LogP contribution is 2.22. The number of hydrogen-bond acceptors (Lipinski definition) is 4. The maximum absolute atomic E-state index is 5.37. The molecule has 1 aromatic heterocycles. The third-order valence-corrected chi connectivity index (χ3v) is 3.58. The molecule has 0 radical (unpaired) electrons. The van der Waals surface area contributed by atoms with Crippen LogP contribution < -0.4 is 10.2 Å². The number of nitrogens with one attached hydrogen (secondary N) is 1. The summed E-state index contributed by atoms with van der Waals surface area (Å²) in [4.78, 5) is 2.26. The first-order chi connectivity index (χ1) is 10.2. The van der Waals surface area contributed by atoms with Crippen LogP contribution in [0.4, 0.5) is 5.69 Å². The first-order valence-corrected chi connectivity index (χ1v) is 7.24. The number of anilines is 1. The minimum Gasteiger partial charge on any atom is -0.469 e. The zero-order valence-electron chi connectivity index (χ0n) is 13.1. The average molecular weight is 288 g/mol. The molecule has 1 N–H and O–H groups in total. The van der Waals surface area contributed by atoms with Crippen molar-refractivity contribution >= 4 is 5.69 Å². The van der Waals surface area contributed by atoms with Gasteiger partial charge in [-0.3, -0.25) is 0 Å². The molecule has 1 aromatic carbocycles. The van der Waals surface area contributed by atoms with Crippen LogP contribution in [0.2, 0.25) is 0 Å². The number of furan rings is 1. The van der Waals surface area contributed by atoms with Crippen LogP contribution in [0.3, 0.4) is 0 Å². The van der Waals surface area contributed by atoms with Crippen molar-refractivity contribution in [3.05, 3.63) is 53.5 Å². The monoisotopic (exact) mass is 288 g/mol. The number of para-hydroxylation sites is 1. The quantitative estimate of drug-likeness (QED) is 0.758. The van der Waals surface area contributed by atoms with E-state index in [1.807, 2.05) is 13.0 Å². The van der Waals surface area contributed by atoms with E-state index in [0.717, 1.165) is 32.0 Å². The Hall–Kier alpha value is -1.78. The molecular formula is C17H24N2O2. The van der Waals surface area contributed by atoms with Gasteiger partial charge in [0.2, 0.25) is 0 Å². The van der Waals surface area contributed by atoms with Crippen molar-refractivity contribution in [1.29, 1.82) is 0 Å². The van der Waals surface area contributed by atoms with Crippen LogP contribution >= 0.6 is 0 Å². The van der Waals surface area contributed by atoms with Gasteiger partial charge in [0.25, 0.3) is 0 Å². The van der Waals surface area contributed by atoms with Gasteiger partial charge in [-0.25, -0.2) is 0 Å². The van der Waals surface area contributed by atoms with Crippen LogP contribution in [0, 0.1) is 6.92 Å². The number of aryl methyl sites for hydroxylation is 1. The molecule has 2 aromatic rings. The van der Waals surface area contributed by atoms with Crippen molar-refractivity contribution in [1.82, 2.24) is 5.32 Å². The maximum atomic E-state index is 5.37. The first kappa shape index (κ1) is 15.6. The molecule has 21 heavy (non-hydrogen) atoms. The lowest BCUT2D eigenvalue weighted by Crippen LogP contribution is -2.22. The summed E-state index contributed by atoms with van der Waals surface area (Å²) in [5.41, 5.74) is 3.75. The predicted molar refractivity (Wildman–Crippen MR) is 85.6 cm³/mol. The highest BCUT2D eigenvalue weighted by molar-refractivity contribution is 5.53. The lowest BCUT2D eigenvalue weighted by molar-refractivity contribution is 0.199. The summed E-state index contributed by atoms with van der Waals surface area (Å²) in [6.45, 7) is 5.27. The van der Waals surface area contributed by atoms with Crippen LogP contribution in [-0.4, -0.2) is 27.3 Å². The van der Waals surface area contributed by atoms with E-state index in [4.69, 9.17) is 9.15 Å². The molecule has 0 saturated heterocycles. The third-order valence-electron chi connectivity index (χ3n) is 3.58. The van der Waals surface area contributed by atoms with Gasteiger partial charge in [-0.05, 0) is 24.6 Å². The summed E-state index contributed by atoms with van der Waals surface area (Å²) in [6, 6.07) is 10.5. The van der Waals surface area contributed by atoms with Gasteiger partial charge in [0.1, 0.15) is 5.76 Å². The molecule has 0 bridgehead atoms. The third kappa shape index (κ3) is 4.34. The lowest BCUT2D eigenvalue weighted by atomic mass is 10.1. The van der Waals surface area contributed by atoms with Gasteiger partial charge in [0, 0.05) is 45.0 Å². The predicted octanol–water partition coefficient (Wildman–Crippen LogP) is 2.96. The smallest absolute Gasteiger partial charge is 0.105 e. The first-order valence-electron chi connectivity index (χ1n) is 7.24. The number of benzene rings is 1. The summed E-state index contributed by atoms with van der Waals surface area (Å²) in [7, 11) is 3.83. The SMILES string of the molecule is COCCNCc1ccccc1N(C)Cc1ccoc1C. The van der Waals surface area contributed by atoms with Gasteiger partial charge >= 0.3 is 0 Å². The highest BCUT2D eigenvalue weighted by atomic mass is 16.5. The van der Waals surface area contributed by atoms with Crippen LogP contribution in [0.1, 0.15) is 16.9 Å². The van der Waals surface area contributed by atoms with Gasteiger partial charge in [-0.2, -0.15) is 0 Å². The summed E-state index contributed by atoms with van der Waals surface area (Å²) in [5, 5.41) is 3.40. The molecule has 4 nitrogen and oxygen atoms in total. The van der Waals surface area contributed by atoms with Crippen molar-refractivity contribution in [3.8, 4) is 0 Å². The van der Waals surface area contributed by atoms with Crippen molar-refractivity contribution in [2.45, 2.75) is 20.0 Å². The molecule has 0 saturated carbocycles. The second kappa shape index (κ2) is 7.86. The Bertz CT molecular complexity index is 551. The molecule has 0 aliphatic carbocycles. The zero-order chi connectivity index (χ0) is 15.1. The van der Waals surface area contributed by atoms with Gasteiger partial charge in [0.15, 0.2) is 0 Å². The zero-order valence-corrected chi connectivity index (χ0v) is 13.1. The molecule has 0 aliphatic heterocycles. The van der Waals surface area contributed by atoms with Gasteiger partial charge in [-0.1, -0.05) is 18.2 Å². The van der Waals surface area contributed by atoms with E-state index in [2.05, 4.69) is 41.5 Å². The molecule has 0 unspecified atom stereocenters. The molecule has 0 spiro atoms. The molecule has 0 fully saturated rings. The Morgan fingerprint density at radius 3 is 2.71 bits per heavy atom. The molecule has 2 rings (SSSR count). The highest BCUT2D eigenvalue weighted by Gasteiger charge is 2.09. The van der Waals surface area contributed by atoms with Gasteiger partial charge < -0.3 is 19.4 Å². The largest absolute Gasteiger partial charge is 0.469 e. The number of ether oxygens (including phenoxy) is 1. The molecule has 0 atom stereocenters. The number of methoxy groups -OCH3 is 1. The summed E-state index contributed by atoms with van der Waals surface area (Å²) >= 11 is 0. The summed E-state index contributed by atoms with van der Waals surface area (Å²) in [5.74, 6) is 0.984. The Kier molecular flexibility index (Phi) is 5.84. The standard InChI is InChI=1S/C17H24N2O2/c1-14-16(8-10-21-14)13-19(2)17-7-5-4-6-15(17)12-18-9-11-20-3/h4-8,10,18H,9,11-13H2,1-3H3. The minimum absolute atomic E-state index is 0.728. The van der Waals surface area contributed by atoms with E-state index in [9.17, 15) is 0 Å². The molecular weight excluding hydrogens is 264 g/mol. The Labute approximate surface area is 126 Å². The van der Waals surface area contributed by atoms with E-state index in [1.54, 1.807) is 13.4 Å². The van der Waals surface area contributed by atoms with Crippen molar-refractivity contribution in [2.24, 2.45) is 0 Å². The summed E-state index contributed by atoms with van der Waals surface area (Å²) in [6.07, 6.45) is 1.75. The molecule has 0 aliphatic rings. The Morgan fingerprint density at radius 2 is 2.00 bits per heavy atom. The molecule has 114 valence electrons. The van der Waals surface area contributed by atoms with Crippen LogP contribution in [0.25, 0.3) is 0 Å². The fourth-order valence-electron chi connectivity index (χ4n) is 2.35. The number of hydrogen-bond donors (Lipinski definition) is 1. The molecule has 1 heterocycles. The Morgan fingerprint density at radius 1 is 1.19 bits per heavy atom. The minimum atomic E-state index is 0.728. The molecule has 4 heteroatoms. The topological polar surface area (TPSA) is 37.6 Å². The average Bonchev–Trinajstić information content (AvgIpc) is 2.89. The van der Waals surface area contributed by atoms with Crippen molar-refractivity contribution < 1.29 is 9.15 Å². The van der Waals surface area contributed by atoms with Gasteiger partial charge in [-0.15, -0.1) is 0 Å². The second-order valence-electron chi connectivity index (χ2n) is 5.16. The van der Waals surface area contributed by atoms with E-state index in [1.165, 1.54) is 16.8 Å². The normalized spacial score (nSPS) is 10.8. The lowest BCUT2D eigenvalue weighted by Gasteiger charge is -2.22. The second-order valence-corrected chi connectivity index (χ2v) is 5.16. The van der Waals surface area contributed by atoms with Crippen LogP contribution in [-0.2, 0) is 17.8 Å². The van der Waals surface area contributed by atoms with Gasteiger partial charge in [0.05, 0.1) is 12.9 Å². The van der Waals surface area contributed by atoms with Crippen molar-refractivity contribution in [3.63, 3.8) is 0 Å².